The molecule has 0 bridgehead atoms. The normalized spacial score (nSPS) is 11.8. The van der Waals surface area contributed by atoms with Gasteiger partial charge in [-0.05, 0) is 43.9 Å². The van der Waals surface area contributed by atoms with Crippen LogP contribution in [0.25, 0.3) is 0 Å². The summed E-state index contributed by atoms with van der Waals surface area (Å²) in [6.45, 7) is 5.11. The molecule has 0 saturated heterocycles. The van der Waals surface area contributed by atoms with Gasteiger partial charge in [-0.15, -0.1) is 0 Å². The second kappa shape index (κ2) is 12.5. The van der Waals surface area contributed by atoms with Crippen molar-refractivity contribution in [1.82, 2.24) is 0 Å². The van der Waals surface area contributed by atoms with E-state index in [1.807, 2.05) is 38.1 Å². The van der Waals surface area contributed by atoms with Gasteiger partial charge in [0, 0.05) is 5.41 Å². The Bertz CT molecular complexity index is 940. The molecule has 7 heteroatoms. The number of hydrogen-bond donors (Lipinski definition) is 6. The first-order valence-electron chi connectivity index (χ1n) is 11.0. The number of hydrogen-bond acceptors (Lipinski definition) is 6. The molecule has 0 aliphatic heterocycles. The van der Waals surface area contributed by atoms with Crippen molar-refractivity contribution < 1.29 is 30.0 Å². The lowest BCUT2D eigenvalue weighted by molar-refractivity contribution is -0.0429. The molecule has 6 nitrogen and oxygen atoms in total. The zero-order valence-electron chi connectivity index (χ0n) is 19.9. The Morgan fingerprint density at radius 2 is 0.853 bits per heavy atom. The fraction of sp³-hybridized carbons (Fsp3) is 0.333. The van der Waals surface area contributed by atoms with Crippen LogP contribution in [0.1, 0.15) is 33.4 Å². The fourth-order valence-corrected chi connectivity index (χ4v) is 4.41. The summed E-state index contributed by atoms with van der Waals surface area (Å²) >= 11 is 0. The molecule has 0 aliphatic carbocycles. The first-order valence-corrected chi connectivity index (χ1v) is 12.2. The number of aliphatic hydroxyl groups excluding tert-OH is 3. The van der Waals surface area contributed by atoms with E-state index in [1.165, 1.54) is 5.56 Å². The molecule has 0 amide bonds. The van der Waals surface area contributed by atoms with Gasteiger partial charge in [-0.3, -0.25) is 0 Å². The lowest BCUT2D eigenvalue weighted by atomic mass is 9.55. The van der Waals surface area contributed by atoms with Gasteiger partial charge < -0.3 is 30.0 Å². The summed E-state index contributed by atoms with van der Waals surface area (Å²) in [7, 11) is -2.62. The average molecular weight is 487 g/mol. The minimum Gasteiger partial charge on any atom is -0.396 e. The third-order valence-electron chi connectivity index (χ3n) is 6.49. The standard InChI is InChI=1S/C27H32O3.H3O3P/c1-20-4-10-23(11-5-20)16-27(26(17-28,18-29)19-30,24-12-6-21(2)7-13-24)25-14-8-22(3)9-15-25;1-4(2)3/h4-15,28-30H,16-19H2,1-3H3;1-3H. The second-order valence-corrected chi connectivity index (χ2v) is 9.36. The van der Waals surface area contributed by atoms with Crippen LogP contribution in [0.15, 0.2) is 72.8 Å². The Hall–Kier alpha value is -2.15. The van der Waals surface area contributed by atoms with Crippen LogP contribution in [0.3, 0.4) is 0 Å². The van der Waals surface area contributed by atoms with Crippen LogP contribution in [0.2, 0.25) is 0 Å². The first kappa shape index (κ1) is 28.1. The highest BCUT2D eigenvalue weighted by molar-refractivity contribution is 7.38. The molecule has 3 rings (SSSR count). The zero-order chi connectivity index (χ0) is 25.4. The van der Waals surface area contributed by atoms with E-state index in [9.17, 15) is 15.3 Å². The van der Waals surface area contributed by atoms with Gasteiger partial charge in [0.2, 0.25) is 0 Å². The van der Waals surface area contributed by atoms with Crippen LogP contribution in [0, 0.1) is 26.2 Å². The average Bonchev–Trinajstić information content (AvgIpc) is 2.82. The Morgan fingerprint density at radius 3 is 1.15 bits per heavy atom. The van der Waals surface area contributed by atoms with Crippen molar-refractivity contribution in [3.8, 4) is 0 Å². The van der Waals surface area contributed by atoms with Crippen LogP contribution in [-0.2, 0) is 11.8 Å². The molecule has 34 heavy (non-hydrogen) atoms. The molecule has 0 radical (unpaired) electrons. The van der Waals surface area contributed by atoms with Gasteiger partial charge in [0.05, 0.1) is 25.2 Å². The summed E-state index contributed by atoms with van der Waals surface area (Å²) in [5.41, 5.74) is 4.49. The predicted octanol–water partition coefficient (Wildman–Crippen LogP) is 3.29. The Morgan fingerprint density at radius 1 is 0.559 bits per heavy atom. The zero-order valence-corrected chi connectivity index (χ0v) is 20.8. The van der Waals surface area contributed by atoms with E-state index < -0.39 is 19.4 Å². The van der Waals surface area contributed by atoms with Gasteiger partial charge in [0.25, 0.3) is 0 Å². The summed E-state index contributed by atoms with van der Waals surface area (Å²) in [6.07, 6.45) is 0.543. The number of aliphatic hydroxyl groups is 3. The van der Waals surface area contributed by atoms with Crippen LogP contribution in [-0.4, -0.2) is 49.8 Å². The molecule has 0 aromatic heterocycles. The largest absolute Gasteiger partial charge is 0.396 e. The van der Waals surface area contributed by atoms with E-state index in [4.69, 9.17) is 14.7 Å². The number of aryl methyl sites for hydroxylation is 3. The summed E-state index contributed by atoms with van der Waals surface area (Å²) in [5.74, 6) is 0. The highest BCUT2D eigenvalue weighted by atomic mass is 31.2. The molecule has 0 spiro atoms. The Balaban J connectivity index is 0.000000945. The second-order valence-electron chi connectivity index (χ2n) is 8.82. The van der Waals surface area contributed by atoms with Crippen molar-refractivity contribution in [3.05, 3.63) is 106 Å². The van der Waals surface area contributed by atoms with Gasteiger partial charge in [0.15, 0.2) is 0 Å². The van der Waals surface area contributed by atoms with E-state index >= 15 is 0 Å². The van der Waals surface area contributed by atoms with Gasteiger partial charge in [-0.1, -0.05) is 89.5 Å². The van der Waals surface area contributed by atoms with Gasteiger partial charge in [0.1, 0.15) is 0 Å². The lowest BCUT2D eigenvalue weighted by Gasteiger charge is -2.49. The Labute approximate surface area is 202 Å². The molecule has 0 aliphatic rings. The van der Waals surface area contributed by atoms with Crippen LogP contribution < -0.4 is 0 Å². The molecule has 3 aromatic rings. The highest BCUT2D eigenvalue weighted by Gasteiger charge is 2.52. The maximum absolute atomic E-state index is 10.5. The summed E-state index contributed by atoms with van der Waals surface area (Å²) < 4.78 is 0. The lowest BCUT2D eigenvalue weighted by Crippen LogP contribution is -2.55. The van der Waals surface area contributed by atoms with Crippen LogP contribution >= 0.6 is 8.60 Å². The monoisotopic (exact) mass is 486 g/mol. The van der Waals surface area contributed by atoms with Crippen molar-refractivity contribution in [2.75, 3.05) is 19.8 Å². The van der Waals surface area contributed by atoms with Gasteiger partial charge in [-0.2, -0.15) is 0 Å². The minimum absolute atomic E-state index is 0.340. The van der Waals surface area contributed by atoms with E-state index in [0.29, 0.717) is 6.42 Å². The van der Waals surface area contributed by atoms with Crippen molar-refractivity contribution in [3.63, 3.8) is 0 Å². The van der Waals surface area contributed by atoms with Crippen molar-refractivity contribution in [2.24, 2.45) is 5.41 Å². The molecular weight excluding hydrogens is 451 g/mol. The molecule has 0 unspecified atom stereocenters. The van der Waals surface area contributed by atoms with Gasteiger partial charge in [-0.25, -0.2) is 0 Å². The maximum atomic E-state index is 10.5. The molecule has 6 N–H and O–H groups in total. The maximum Gasteiger partial charge on any atom is 0.324 e. The van der Waals surface area contributed by atoms with Crippen molar-refractivity contribution in [2.45, 2.75) is 32.6 Å². The van der Waals surface area contributed by atoms with E-state index in [0.717, 1.165) is 27.8 Å². The quantitative estimate of drug-likeness (QED) is 0.272. The van der Waals surface area contributed by atoms with E-state index in [2.05, 4.69) is 55.5 Å². The van der Waals surface area contributed by atoms with E-state index in [-0.39, 0.29) is 19.8 Å². The van der Waals surface area contributed by atoms with Crippen molar-refractivity contribution in [1.29, 1.82) is 0 Å². The smallest absolute Gasteiger partial charge is 0.324 e. The fourth-order valence-electron chi connectivity index (χ4n) is 4.41. The summed E-state index contributed by atoms with van der Waals surface area (Å²) in [5, 5.41) is 31.6. The molecule has 0 fully saturated rings. The molecular formula is C27H35O6P. The topological polar surface area (TPSA) is 121 Å². The minimum atomic E-state index is -2.62. The van der Waals surface area contributed by atoms with Crippen LogP contribution in [0.5, 0.6) is 0 Å². The highest BCUT2D eigenvalue weighted by Crippen LogP contribution is 2.49. The molecule has 184 valence electrons. The van der Waals surface area contributed by atoms with Gasteiger partial charge >= 0.3 is 8.60 Å². The predicted molar refractivity (Wildman–Crippen MR) is 135 cm³/mol. The summed E-state index contributed by atoms with van der Waals surface area (Å²) in [4.78, 5) is 21.7. The molecule has 0 heterocycles. The first-order chi connectivity index (χ1) is 16.1. The van der Waals surface area contributed by atoms with Crippen molar-refractivity contribution >= 4 is 8.60 Å². The SMILES string of the molecule is Cc1ccc(CC(c2ccc(C)cc2)(c2ccc(C)cc2)C(CO)(CO)CO)cc1.OP(O)O. The number of rotatable bonds is 8. The molecule has 3 aromatic carbocycles. The molecule has 0 atom stereocenters. The Kier molecular flexibility index (Phi) is 10.3. The molecule has 0 saturated carbocycles. The van der Waals surface area contributed by atoms with E-state index in [1.54, 1.807) is 0 Å². The summed E-state index contributed by atoms with van der Waals surface area (Å²) in [6, 6.07) is 24.7. The third kappa shape index (κ3) is 6.29. The van der Waals surface area contributed by atoms with Crippen LogP contribution in [0.4, 0.5) is 0 Å². The third-order valence-corrected chi connectivity index (χ3v) is 6.49. The number of benzene rings is 3.